The molecule has 17 heavy (non-hydrogen) atoms. The van der Waals surface area contributed by atoms with Gasteiger partial charge in [-0.1, -0.05) is 36.4 Å². The van der Waals surface area contributed by atoms with E-state index in [0.29, 0.717) is 10.8 Å². The van der Waals surface area contributed by atoms with Crippen LogP contribution in [0.15, 0.2) is 47.7 Å². The number of nitrogens with one attached hydrogen (secondary N) is 2. The zero-order valence-corrected chi connectivity index (χ0v) is 10.2. The number of carbonyl (C=O) groups is 1. The molecule has 0 aliphatic carbocycles. The van der Waals surface area contributed by atoms with Gasteiger partial charge in [-0.15, -0.1) is 0 Å². The van der Waals surface area contributed by atoms with Crippen molar-refractivity contribution in [3.8, 4) is 0 Å². The number of benzene rings is 1. The van der Waals surface area contributed by atoms with E-state index in [1.807, 2.05) is 43.3 Å². The molecule has 0 saturated carbocycles. The first-order valence-electron chi connectivity index (χ1n) is 5.22. The molecule has 1 saturated heterocycles. The Morgan fingerprint density at radius 2 is 1.94 bits per heavy atom. The summed E-state index contributed by atoms with van der Waals surface area (Å²) in [6.07, 6.45) is 3.78. The molecule has 2 N–H and O–H groups in total. The summed E-state index contributed by atoms with van der Waals surface area (Å²) >= 11 is 4.85. The molecule has 1 amide bonds. The summed E-state index contributed by atoms with van der Waals surface area (Å²) in [5.41, 5.74) is 2.57. The third-order valence-corrected chi connectivity index (χ3v) is 2.49. The van der Waals surface area contributed by atoms with Crippen LogP contribution in [0.25, 0.3) is 6.08 Å². The molecule has 3 nitrogen and oxygen atoms in total. The maximum atomic E-state index is 11.4. The summed E-state index contributed by atoms with van der Waals surface area (Å²) in [5, 5.41) is 5.69. The van der Waals surface area contributed by atoms with Crippen molar-refractivity contribution in [1.82, 2.24) is 10.6 Å². The van der Waals surface area contributed by atoms with Crippen LogP contribution in [0.3, 0.4) is 0 Å². The topological polar surface area (TPSA) is 41.1 Å². The molecule has 0 atom stereocenters. The fourth-order valence-electron chi connectivity index (χ4n) is 1.56. The maximum absolute atomic E-state index is 11.4. The third kappa shape index (κ3) is 3.01. The van der Waals surface area contributed by atoms with Gasteiger partial charge in [-0.2, -0.15) is 0 Å². The first-order valence-corrected chi connectivity index (χ1v) is 5.63. The summed E-state index contributed by atoms with van der Waals surface area (Å²) in [6.45, 7) is 1.94. The van der Waals surface area contributed by atoms with Gasteiger partial charge in [0.1, 0.15) is 5.70 Å². The minimum absolute atomic E-state index is 0.184. The standard InChI is InChI=1S/C13H12N2OS/c1-9(7-10-5-3-2-4-6-10)8-11-12(16)15-13(17)14-11/h2-8H,1H3,(H2,14,15,16,17)/b9-7+,11-8+. The van der Waals surface area contributed by atoms with Crippen molar-refractivity contribution in [2.75, 3.05) is 0 Å². The lowest BCUT2D eigenvalue weighted by Gasteiger charge is -1.97. The molecule has 1 aliphatic rings. The van der Waals surface area contributed by atoms with E-state index in [1.54, 1.807) is 6.08 Å². The van der Waals surface area contributed by atoms with Gasteiger partial charge in [0.25, 0.3) is 5.91 Å². The molecule has 0 aromatic heterocycles. The molecule has 0 spiro atoms. The average molecular weight is 244 g/mol. The SMILES string of the molecule is CC(=C\c1ccccc1)/C=C1/NC(=S)NC1=O. The minimum Gasteiger partial charge on any atom is -0.328 e. The molecule has 0 radical (unpaired) electrons. The number of rotatable bonds is 2. The highest BCUT2D eigenvalue weighted by molar-refractivity contribution is 7.80. The summed E-state index contributed by atoms with van der Waals surface area (Å²) in [6, 6.07) is 9.93. The summed E-state index contributed by atoms with van der Waals surface area (Å²) in [7, 11) is 0. The summed E-state index contributed by atoms with van der Waals surface area (Å²) < 4.78 is 0. The lowest BCUT2D eigenvalue weighted by atomic mass is 10.1. The van der Waals surface area contributed by atoms with Crippen LogP contribution < -0.4 is 10.6 Å². The van der Waals surface area contributed by atoms with Crippen molar-refractivity contribution in [3.05, 3.63) is 53.2 Å². The van der Waals surface area contributed by atoms with Gasteiger partial charge in [-0.05, 0) is 36.4 Å². The quantitative estimate of drug-likeness (QED) is 0.617. The number of amides is 1. The van der Waals surface area contributed by atoms with Crippen molar-refractivity contribution >= 4 is 29.3 Å². The third-order valence-electron chi connectivity index (χ3n) is 2.29. The Hall–Kier alpha value is -1.94. The molecule has 0 unspecified atom stereocenters. The predicted molar refractivity (Wildman–Crippen MR) is 72.1 cm³/mol. The van der Waals surface area contributed by atoms with Crippen LogP contribution >= 0.6 is 12.2 Å². The van der Waals surface area contributed by atoms with Crippen molar-refractivity contribution in [3.63, 3.8) is 0 Å². The Bertz CT molecular complexity index is 517. The van der Waals surface area contributed by atoms with Crippen molar-refractivity contribution in [1.29, 1.82) is 0 Å². The molecule has 2 rings (SSSR count). The molecule has 1 aliphatic heterocycles. The van der Waals surface area contributed by atoms with Gasteiger partial charge in [-0.25, -0.2) is 0 Å². The Morgan fingerprint density at radius 3 is 2.53 bits per heavy atom. The summed E-state index contributed by atoms with van der Waals surface area (Å²) in [5.74, 6) is -0.184. The van der Waals surface area contributed by atoms with Crippen LogP contribution in [0, 0.1) is 0 Å². The largest absolute Gasteiger partial charge is 0.328 e. The number of allylic oxidation sites excluding steroid dienone is 2. The molecule has 1 fully saturated rings. The van der Waals surface area contributed by atoms with Gasteiger partial charge in [0, 0.05) is 0 Å². The smallest absolute Gasteiger partial charge is 0.273 e. The Balaban J connectivity index is 2.19. The second-order valence-electron chi connectivity index (χ2n) is 3.77. The number of thiocarbonyl (C=S) groups is 1. The molecule has 86 valence electrons. The van der Waals surface area contributed by atoms with Crippen molar-refractivity contribution in [2.24, 2.45) is 0 Å². The minimum atomic E-state index is -0.184. The van der Waals surface area contributed by atoms with Gasteiger partial charge in [0.2, 0.25) is 0 Å². The van der Waals surface area contributed by atoms with E-state index in [2.05, 4.69) is 10.6 Å². The van der Waals surface area contributed by atoms with E-state index in [0.717, 1.165) is 11.1 Å². The zero-order valence-electron chi connectivity index (χ0n) is 9.36. The zero-order chi connectivity index (χ0) is 12.3. The number of hydrogen-bond donors (Lipinski definition) is 2. The van der Waals surface area contributed by atoms with Gasteiger partial charge in [-0.3, -0.25) is 10.1 Å². The van der Waals surface area contributed by atoms with E-state index in [4.69, 9.17) is 12.2 Å². The fraction of sp³-hybridized carbons (Fsp3) is 0.0769. The van der Waals surface area contributed by atoms with E-state index in [-0.39, 0.29) is 5.91 Å². The monoisotopic (exact) mass is 244 g/mol. The van der Waals surface area contributed by atoms with E-state index in [1.165, 1.54) is 0 Å². The van der Waals surface area contributed by atoms with Crippen LogP contribution in [0.5, 0.6) is 0 Å². The highest BCUT2D eigenvalue weighted by Gasteiger charge is 2.19. The second-order valence-corrected chi connectivity index (χ2v) is 4.17. The number of carbonyl (C=O) groups excluding carboxylic acids is 1. The normalized spacial score (nSPS) is 18.2. The van der Waals surface area contributed by atoms with Crippen LogP contribution in [0.1, 0.15) is 12.5 Å². The lowest BCUT2D eigenvalue weighted by Crippen LogP contribution is -2.21. The van der Waals surface area contributed by atoms with Gasteiger partial charge < -0.3 is 5.32 Å². The maximum Gasteiger partial charge on any atom is 0.273 e. The highest BCUT2D eigenvalue weighted by Crippen LogP contribution is 2.09. The van der Waals surface area contributed by atoms with Crippen molar-refractivity contribution in [2.45, 2.75) is 6.92 Å². The highest BCUT2D eigenvalue weighted by atomic mass is 32.1. The van der Waals surface area contributed by atoms with Crippen molar-refractivity contribution < 1.29 is 4.79 Å². The fourth-order valence-corrected chi connectivity index (χ4v) is 1.77. The Labute approximate surface area is 105 Å². The van der Waals surface area contributed by atoms with Crippen LogP contribution in [0.4, 0.5) is 0 Å². The molecule has 1 aromatic rings. The first kappa shape index (κ1) is 11.5. The summed E-state index contributed by atoms with van der Waals surface area (Å²) in [4.78, 5) is 11.4. The Morgan fingerprint density at radius 1 is 1.24 bits per heavy atom. The van der Waals surface area contributed by atoms with Gasteiger partial charge in [0.15, 0.2) is 5.11 Å². The van der Waals surface area contributed by atoms with Crippen LogP contribution in [-0.4, -0.2) is 11.0 Å². The predicted octanol–water partition coefficient (Wildman–Crippen LogP) is 1.98. The molecule has 1 heterocycles. The molecule has 4 heteroatoms. The van der Waals surface area contributed by atoms with E-state index < -0.39 is 0 Å². The van der Waals surface area contributed by atoms with Gasteiger partial charge in [0.05, 0.1) is 0 Å². The lowest BCUT2D eigenvalue weighted by molar-refractivity contribution is -0.115. The van der Waals surface area contributed by atoms with E-state index in [9.17, 15) is 4.79 Å². The molecule has 0 bridgehead atoms. The first-order chi connectivity index (χ1) is 8.15. The molecule has 1 aromatic carbocycles. The van der Waals surface area contributed by atoms with Gasteiger partial charge >= 0.3 is 0 Å². The average Bonchev–Trinajstić information content (AvgIpc) is 2.58. The molecular weight excluding hydrogens is 232 g/mol. The van der Waals surface area contributed by atoms with Crippen LogP contribution in [0.2, 0.25) is 0 Å². The Kier molecular flexibility index (Phi) is 3.35. The number of hydrogen-bond acceptors (Lipinski definition) is 2. The van der Waals surface area contributed by atoms with Crippen LogP contribution in [-0.2, 0) is 4.79 Å². The molecular formula is C13H12N2OS. The second kappa shape index (κ2) is 4.93. The van der Waals surface area contributed by atoms with E-state index >= 15 is 0 Å².